The normalized spacial score (nSPS) is 27.2. The molecule has 136 valence electrons. The van der Waals surface area contributed by atoms with E-state index < -0.39 is 0 Å². The van der Waals surface area contributed by atoms with Crippen molar-refractivity contribution in [1.29, 1.82) is 0 Å². The SMILES string of the molecule is CCCc1nnsc1C(=O)N1CCCC2(CCC(=O)N(C3CC3)C2)C1. The third-order valence-corrected chi connectivity index (χ3v) is 6.62. The predicted molar refractivity (Wildman–Crippen MR) is 95.4 cm³/mol. The molecule has 7 heteroatoms. The van der Waals surface area contributed by atoms with Crippen LogP contribution >= 0.6 is 11.5 Å². The highest BCUT2D eigenvalue weighted by Gasteiger charge is 2.46. The maximum Gasteiger partial charge on any atom is 0.267 e. The predicted octanol–water partition coefficient (Wildman–Crippen LogP) is 2.50. The highest BCUT2D eigenvalue weighted by molar-refractivity contribution is 7.08. The van der Waals surface area contributed by atoms with Crippen LogP contribution < -0.4 is 0 Å². The van der Waals surface area contributed by atoms with E-state index in [4.69, 9.17) is 0 Å². The van der Waals surface area contributed by atoms with Gasteiger partial charge in [0.1, 0.15) is 4.88 Å². The summed E-state index contributed by atoms with van der Waals surface area (Å²) >= 11 is 1.23. The molecule has 0 aromatic carbocycles. The minimum Gasteiger partial charge on any atom is -0.339 e. The molecule has 3 fully saturated rings. The molecule has 1 aromatic rings. The summed E-state index contributed by atoms with van der Waals surface area (Å²) < 4.78 is 4.01. The molecular weight excluding hydrogens is 336 g/mol. The monoisotopic (exact) mass is 362 g/mol. The van der Waals surface area contributed by atoms with Crippen LogP contribution in [0.15, 0.2) is 0 Å². The molecule has 1 spiro atoms. The van der Waals surface area contributed by atoms with Gasteiger partial charge in [-0.3, -0.25) is 9.59 Å². The molecule has 0 N–H and O–H groups in total. The molecule has 1 atom stereocenters. The molecule has 6 nitrogen and oxygen atoms in total. The van der Waals surface area contributed by atoms with Crippen molar-refractivity contribution in [2.75, 3.05) is 19.6 Å². The molecule has 1 aromatic heterocycles. The molecule has 3 aliphatic rings. The Labute approximate surface area is 152 Å². The molecule has 25 heavy (non-hydrogen) atoms. The van der Waals surface area contributed by atoms with E-state index in [1.165, 1.54) is 11.5 Å². The van der Waals surface area contributed by atoms with Crippen LogP contribution in [0, 0.1) is 5.41 Å². The van der Waals surface area contributed by atoms with Crippen molar-refractivity contribution in [3.05, 3.63) is 10.6 Å². The fraction of sp³-hybridized carbons (Fsp3) is 0.778. The van der Waals surface area contributed by atoms with Crippen LogP contribution in [0.1, 0.15) is 67.2 Å². The van der Waals surface area contributed by atoms with E-state index in [1.54, 1.807) is 0 Å². The quantitative estimate of drug-likeness (QED) is 0.825. The van der Waals surface area contributed by atoms with Crippen molar-refractivity contribution in [3.8, 4) is 0 Å². The number of likely N-dealkylation sites (tertiary alicyclic amines) is 2. The van der Waals surface area contributed by atoms with Crippen molar-refractivity contribution < 1.29 is 9.59 Å². The van der Waals surface area contributed by atoms with Gasteiger partial charge in [0.05, 0.1) is 5.69 Å². The number of hydrogen-bond donors (Lipinski definition) is 0. The number of hydrogen-bond acceptors (Lipinski definition) is 5. The van der Waals surface area contributed by atoms with Gasteiger partial charge in [0.25, 0.3) is 5.91 Å². The zero-order valence-corrected chi connectivity index (χ0v) is 15.7. The number of carbonyl (C=O) groups is 2. The molecule has 1 unspecified atom stereocenters. The molecule has 4 rings (SSSR count). The van der Waals surface area contributed by atoms with Gasteiger partial charge in [-0.25, -0.2) is 0 Å². The maximum absolute atomic E-state index is 13.1. The first-order valence-corrected chi connectivity index (χ1v) is 10.3. The fourth-order valence-corrected chi connectivity index (χ4v) is 5.07. The van der Waals surface area contributed by atoms with Gasteiger partial charge in [0.15, 0.2) is 0 Å². The summed E-state index contributed by atoms with van der Waals surface area (Å²) in [4.78, 5) is 30.1. The summed E-state index contributed by atoms with van der Waals surface area (Å²) in [6.07, 6.45) is 7.77. The van der Waals surface area contributed by atoms with Crippen molar-refractivity contribution >= 4 is 23.3 Å². The van der Waals surface area contributed by atoms with Crippen LogP contribution in [0.5, 0.6) is 0 Å². The third kappa shape index (κ3) is 3.30. The Morgan fingerprint density at radius 1 is 1.32 bits per heavy atom. The molecule has 1 aliphatic carbocycles. The van der Waals surface area contributed by atoms with E-state index in [9.17, 15) is 9.59 Å². The van der Waals surface area contributed by atoms with Crippen molar-refractivity contribution in [2.24, 2.45) is 5.41 Å². The molecular formula is C18H26N4O2S. The van der Waals surface area contributed by atoms with E-state index >= 15 is 0 Å². The highest BCUT2D eigenvalue weighted by Crippen LogP contribution is 2.42. The fourth-order valence-electron chi connectivity index (χ4n) is 4.39. The van der Waals surface area contributed by atoms with Gasteiger partial charge < -0.3 is 9.80 Å². The lowest BCUT2D eigenvalue weighted by Gasteiger charge is -2.48. The molecule has 2 amide bonds. The average Bonchev–Trinajstić information content (AvgIpc) is 3.36. The first-order valence-electron chi connectivity index (χ1n) is 9.52. The minimum atomic E-state index is 0.0902. The lowest BCUT2D eigenvalue weighted by Crippen LogP contribution is -2.55. The Morgan fingerprint density at radius 3 is 2.92 bits per heavy atom. The van der Waals surface area contributed by atoms with E-state index in [0.717, 1.165) is 70.3 Å². The maximum atomic E-state index is 13.1. The van der Waals surface area contributed by atoms with Gasteiger partial charge in [-0.05, 0) is 50.1 Å². The molecule has 1 saturated carbocycles. The van der Waals surface area contributed by atoms with Crippen LogP contribution in [0.2, 0.25) is 0 Å². The summed E-state index contributed by atoms with van der Waals surface area (Å²) in [5.74, 6) is 0.404. The Kier molecular flexibility index (Phi) is 4.52. The Morgan fingerprint density at radius 2 is 2.16 bits per heavy atom. The van der Waals surface area contributed by atoms with Crippen LogP contribution in [-0.4, -0.2) is 56.9 Å². The van der Waals surface area contributed by atoms with Gasteiger partial charge >= 0.3 is 0 Å². The Hall–Kier alpha value is -1.50. The number of aromatic nitrogens is 2. The number of amides is 2. The first-order chi connectivity index (χ1) is 12.1. The minimum absolute atomic E-state index is 0.0902. The second kappa shape index (κ2) is 6.67. The smallest absolute Gasteiger partial charge is 0.267 e. The third-order valence-electron chi connectivity index (χ3n) is 5.87. The molecule has 2 saturated heterocycles. The van der Waals surface area contributed by atoms with E-state index in [2.05, 4.69) is 21.4 Å². The number of carbonyl (C=O) groups excluding carboxylic acids is 2. The van der Waals surface area contributed by atoms with Gasteiger partial charge in [-0.2, -0.15) is 0 Å². The largest absolute Gasteiger partial charge is 0.339 e. The lowest BCUT2D eigenvalue weighted by atomic mass is 9.73. The first kappa shape index (κ1) is 16.9. The second-order valence-corrected chi connectivity index (χ2v) is 8.64. The van der Waals surface area contributed by atoms with Crippen molar-refractivity contribution in [2.45, 2.75) is 64.3 Å². The van der Waals surface area contributed by atoms with Crippen molar-refractivity contribution in [3.63, 3.8) is 0 Å². The van der Waals surface area contributed by atoms with E-state index in [-0.39, 0.29) is 11.3 Å². The average molecular weight is 362 g/mol. The number of rotatable bonds is 4. The topological polar surface area (TPSA) is 66.4 Å². The Balaban J connectivity index is 1.49. The summed E-state index contributed by atoms with van der Waals surface area (Å²) in [6, 6.07) is 0.470. The van der Waals surface area contributed by atoms with Crippen LogP contribution in [-0.2, 0) is 11.2 Å². The zero-order valence-electron chi connectivity index (χ0n) is 14.9. The summed E-state index contributed by atoms with van der Waals surface area (Å²) in [7, 11) is 0. The van der Waals surface area contributed by atoms with E-state index in [1.807, 2.05) is 4.90 Å². The summed E-state index contributed by atoms with van der Waals surface area (Å²) in [5.41, 5.74) is 0.934. The molecule has 3 heterocycles. The Bertz CT molecular complexity index is 672. The zero-order chi connectivity index (χ0) is 17.4. The standard InChI is InChI=1S/C18H26N4O2S/c1-2-4-14-16(25-20-19-14)17(24)21-10-3-8-18(11-21)9-7-15(23)22(12-18)13-5-6-13/h13H,2-12H2,1H3. The number of aryl methyl sites for hydroxylation is 1. The van der Waals surface area contributed by atoms with Crippen molar-refractivity contribution in [1.82, 2.24) is 19.4 Å². The van der Waals surface area contributed by atoms with Gasteiger partial charge in [-0.15, -0.1) is 5.10 Å². The molecule has 0 bridgehead atoms. The number of piperidine rings is 2. The van der Waals surface area contributed by atoms with Crippen LogP contribution in [0.4, 0.5) is 0 Å². The summed E-state index contributed by atoms with van der Waals surface area (Å²) in [5, 5.41) is 4.15. The van der Waals surface area contributed by atoms with E-state index in [0.29, 0.717) is 23.2 Å². The number of nitrogens with zero attached hydrogens (tertiary/aromatic N) is 4. The highest BCUT2D eigenvalue weighted by atomic mass is 32.1. The van der Waals surface area contributed by atoms with Crippen LogP contribution in [0.25, 0.3) is 0 Å². The van der Waals surface area contributed by atoms with Gasteiger partial charge in [0, 0.05) is 37.5 Å². The summed E-state index contributed by atoms with van der Waals surface area (Å²) in [6.45, 7) is 4.51. The molecule has 2 aliphatic heterocycles. The van der Waals surface area contributed by atoms with Gasteiger partial charge in [-0.1, -0.05) is 17.8 Å². The molecule has 0 radical (unpaired) electrons. The van der Waals surface area contributed by atoms with Gasteiger partial charge in [0.2, 0.25) is 5.91 Å². The van der Waals surface area contributed by atoms with Crippen LogP contribution in [0.3, 0.4) is 0 Å². The lowest BCUT2D eigenvalue weighted by molar-refractivity contribution is -0.139. The second-order valence-electron chi connectivity index (χ2n) is 7.88.